The van der Waals surface area contributed by atoms with Crippen LogP contribution in [0.1, 0.15) is 29.9 Å². The molecule has 0 amide bonds. The molecular weight excluding hydrogens is 352 g/mol. The number of hydrogen-bond acceptors (Lipinski definition) is 3. The van der Waals surface area contributed by atoms with E-state index in [1.165, 1.54) is 12.1 Å². The Morgan fingerprint density at radius 2 is 1.77 bits per heavy atom. The van der Waals surface area contributed by atoms with Gasteiger partial charge in [-0.15, -0.1) is 0 Å². The maximum atomic E-state index is 12.7. The minimum Gasteiger partial charge on any atom is -0.477 e. The smallest absolute Gasteiger partial charge is 0.354 e. The highest BCUT2D eigenvalue weighted by atomic mass is 32.2. The van der Waals surface area contributed by atoms with E-state index in [1.54, 1.807) is 36.4 Å². The van der Waals surface area contributed by atoms with Crippen molar-refractivity contribution in [2.75, 3.05) is 4.72 Å². The lowest BCUT2D eigenvalue weighted by molar-refractivity contribution is 0.0692. The number of aromatic amines is 1. The topological polar surface area (TPSA) is 99.3 Å². The van der Waals surface area contributed by atoms with E-state index >= 15 is 0 Å². The Morgan fingerprint density at radius 1 is 1.12 bits per heavy atom. The maximum Gasteiger partial charge on any atom is 0.354 e. The number of carboxylic acids is 1. The van der Waals surface area contributed by atoms with Gasteiger partial charge in [0, 0.05) is 10.9 Å². The molecule has 0 aliphatic rings. The molecule has 0 saturated heterocycles. The predicted molar refractivity (Wildman–Crippen MR) is 101 cm³/mol. The largest absolute Gasteiger partial charge is 0.477 e. The third-order valence-electron chi connectivity index (χ3n) is 4.03. The minimum absolute atomic E-state index is 0.0411. The third-order valence-corrected chi connectivity index (χ3v) is 5.40. The predicted octanol–water partition coefficient (Wildman–Crippen LogP) is 3.87. The molecule has 3 N–H and O–H groups in total. The van der Waals surface area contributed by atoms with Crippen molar-refractivity contribution in [1.29, 1.82) is 0 Å². The summed E-state index contributed by atoms with van der Waals surface area (Å²) in [4.78, 5) is 14.3. The maximum absolute atomic E-state index is 12.7. The first-order valence-electron chi connectivity index (χ1n) is 8.23. The molecule has 7 heteroatoms. The highest BCUT2D eigenvalue weighted by molar-refractivity contribution is 7.92. The number of sulfonamides is 1. The summed E-state index contributed by atoms with van der Waals surface area (Å²) in [6.07, 6.45) is 0.860. The van der Waals surface area contributed by atoms with E-state index in [0.29, 0.717) is 16.8 Å². The van der Waals surface area contributed by atoms with Crippen molar-refractivity contribution in [2.45, 2.75) is 25.2 Å². The molecule has 0 atom stereocenters. The molecular formula is C19H20N2O4S. The molecule has 6 nitrogen and oxygen atoms in total. The Labute approximate surface area is 151 Å². The Hall–Kier alpha value is -2.80. The number of nitrogens with one attached hydrogen (secondary N) is 2. The fourth-order valence-electron chi connectivity index (χ4n) is 2.88. The van der Waals surface area contributed by atoms with Crippen LogP contribution in [-0.2, 0) is 16.4 Å². The Morgan fingerprint density at radius 3 is 2.38 bits per heavy atom. The molecule has 136 valence electrons. The van der Waals surface area contributed by atoms with Crippen LogP contribution in [0.3, 0.4) is 0 Å². The minimum atomic E-state index is -3.91. The number of rotatable bonds is 6. The first kappa shape index (κ1) is 18.0. The lowest BCUT2D eigenvalue weighted by atomic mass is 10.0. The zero-order valence-electron chi connectivity index (χ0n) is 14.5. The van der Waals surface area contributed by atoms with Gasteiger partial charge in [-0.3, -0.25) is 4.72 Å². The number of fused-ring (bicyclic) bond motifs is 1. The summed E-state index contributed by atoms with van der Waals surface area (Å²) in [6, 6.07) is 13.5. The second kappa shape index (κ2) is 6.84. The van der Waals surface area contributed by atoms with Crippen LogP contribution >= 0.6 is 0 Å². The molecule has 0 unspecified atom stereocenters. The van der Waals surface area contributed by atoms with Crippen LogP contribution in [0.15, 0.2) is 53.4 Å². The van der Waals surface area contributed by atoms with Gasteiger partial charge in [-0.1, -0.05) is 44.2 Å². The average molecular weight is 372 g/mol. The lowest BCUT2D eigenvalue weighted by Gasteiger charge is -2.10. The molecule has 0 saturated carbocycles. The van der Waals surface area contributed by atoms with Gasteiger partial charge in [0.1, 0.15) is 5.69 Å². The van der Waals surface area contributed by atoms with Crippen LogP contribution in [0, 0.1) is 5.92 Å². The third kappa shape index (κ3) is 3.57. The number of anilines is 1. The van der Waals surface area contributed by atoms with E-state index in [2.05, 4.69) is 23.6 Å². The van der Waals surface area contributed by atoms with E-state index in [-0.39, 0.29) is 16.3 Å². The van der Waals surface area contributed by atoms with Gasteiger partial charge in [0.25, 0.3) is 10.0 Å². The van der Waals surface area contributed by atoms with Crippen molar-refractivity contribution < 1.29 is 18.3 Å². The summed E-state index contributed by atoms with van der Waals surface area (Å²) in [5, 5.41) is 9.89. The molecule has 1 heterocycles. The molecule has 0 radical (unpaired) electrons. The van der Waals surface area contributed by atoms with Crippen LogP contribution in [0.4, 0.5) is 5.69 Å². The van der Waals surface area contributed by atoms with Crippen LogP contribution in [-0.4, -0.2) is 24.5 Å². The highest BCUT2D eigenvalue weighted by Crippen LogP contribution is 2.30. The quantitative estimate of drug-likeness (QED) is 0.612. The fourth-order valence-corrected chi connectivity index (χ4v) is 3.97. The van der Waals surface area contributed by atoms with Crippen LogP contribution in [0.5, 0.6) is 0 Å². The van der Waals surface area contributed by atoms with Gasteiger partial charge in [0.2, 0.25) is 0 Å². The number of carboxylic acid groups (broad SMARTS) is 1. The Balaban J connectivity index is 1.98. The normalized spacial score (nSPS) is 11.8. The Bertz CT molecular complexity index is 1050. The monoisotopic (exact) mass is 372 g/mol. The van der Waals surface area contributed by atoms with Crippen LogP contribution in [0.25, 0.3) is 10.9 Å². The number of H-pyrrole nitrogens is 1. The van der Waals surface area contributed by atoms with E-state index in [4.69, 9.17) is 0 Å². The molecule has 0 spiro atoms. The molecule has 2 aromatic carbocycles. The number of benzene rings is 2. The molecule has 3 aromatic rings. The SMILES string of the molecule is CC(C)Cc1ccc(S(=O)(=O)Nc2c(C(=O)O)[nH]c3ccccc23)cc1. The number of para-hydroxylation sites is 1. The number of aromatic nitrogens is 1. The number of hydrogen-bond donors (Lipinski definition) is 3. The highest BCUT2D eigenvalue weighted by Gasteiger charge is 2.22. The molecule has 0 aliphatic heterocycles. The van der Waals surface area contributed by atoms with E-state index in [0.717, 1.165) is 12.0 Å². The average Bonchev–Trinajstić information content (AvgIpc) is 2.93. The van der Waals surface area contributed by atoms with Gasteiger partial charge in [-0.25, -0.2) is 13.2 Å². The van der Waals surface area contributed by atoms with E-state index < -0.39 is 16.0 Å². The second-order valence-electron chi connectivity index (χ2n) is 6.57. The van der Waals surface area contributed by atoms with Crippen molar-refractivity contribution in [2.24, 2.45) is 5.92 Å². The molecule has 0 bridgehead atoms. The van der Waals surface area contributed by atoms with Gasteiger partial charge in [-0.05, 0) is 36.1 Å². The summed E-state index contributed by atoms with van der Waals surface area (Å²) < 4.78 is 27.9. The van der Waals surface area contributed by atoms with E-state index in [1.807, 2.05) is 0 Å². The zero-order chi connectivity index (χ0) is 18.9. The van der Waals surface area contributed by atoms with Crippen molar-refractivity contribution in [3.63, 3.8) is 0 Å². The standard InChI is InChI=1S/C19H20N2O4S/c1-12(2)11-13-7-9-14(10-8-13)26(24,25)21-17-15-5-3-4-6-16(15)20-18(17)19(22)23/h3-10,12,20-21H,11H2,1-2H3,(H,22,23). The lowest BCUT2D eigenvalue weighted by Crippen LogP contribution is -2.15. The van der Waals surface area contributed by atoms with Crippen molar-refractivity contribution in [1.82, 2.24) is 4.98 Å². The van der Waals surface area contributed by atoms with Gasteiger partial charge in [-0.2, -0.15) is 0 Å². The van der Waals surface area contributed by atoms with Crippen molar-refractivity contribution >= 4 is 32.6 Å². The van der Waals surface area contributed by atoms with Crippen molar-refractivity contribution in [3.05, 3.63) is 59.8 Å². The molecule has 3 rings (SSSR count). The first-order valence-corrected chi connectivity index (χ1v) is 9.72. The van der Waals surface area contributed by atoms with Crippen LogP contribution < -0.4 is 4.72 Å². The van der Waals surface area contributed by atoms with Gasteiger partial charge in [0.05, 0.1) is 10.6 Å². The Kier molecular flexibility index (Phi) is 4.73. The summed E-state index contributed by atoms with van der Waals surface area (Å²) in [6.45, 7) is 4.19. The summed E-state index contributed by atoms with van der Waals surface area (Å²) >= 11 is 0. The molecule has 0 aliphatic carbocycles. The first-order chi connectivity index (χ1) is 12.3. The van der Waals surface area contributed by atoms with Gasteiger partial charge in [0.15, 0.2) is 0 Å². The molecule has 1 aromatic heterocycles. The van der Waals surface area contributed by atoms with Crippen LogP contribution in [0.2, 0.25) is 0 Å². The molecule has 26 heavy (non-hydrogen) atoms. The van der Waals surface area contributed by atoms with E-state index in [9.17, 15) is 18.3 Å². The molecule has 0 fully saturated rings. The van der Waals surface area contributed by atoms with Crippen molar-refractivity contribution in [3.8, 4) is 0 Å². The summed E-state index contributed by atoms with van der Waals surface area (Å²) in [7, 11) is -3.91. The fraction of sp³-hybridized carbons (Fsp3) is 0.211. The second-order valence-corrected chi connectivity index (χ2v) is 8.26. The van der Waals surface area contributed by atoms with Gasteiger partial charge >= 0.3 is 5.97 Å². The zero-order valence-corrected chi connectivity index (χ0v) is 15.3. The number of aromatic carboxylic acids is 1. The number of carbonyl (C=O) groups is 1. The van der Waals surface area contributed by atoms with Gasteiger partial charge < -0.3 is 10.1 Å². The summed E-state index contributed by atoms with van der Waals surface area (Å²) in [5.74, 6) is -0.758. The summed E-state index contributed by atoms with van der Waals surface area (Å²) in [5.41, 5.74) is 1.46.